The number of anilines is 1. The summed E-state index contributed by atoms with van der Waals surface area (Å²) in [4.78, 5) is 22.3. The van der Waals surface area contributed by atoms with E-state index in [1.807, 2.05) is 13.8 Å². The minimum Gasteiger partial charge on any atom is -0.479 e. The van der Waals surface area contributed by atoms with Crippen molar-refractivity contribution in [1.82, 2.24) is 19.5 Å². The third-order valence-electron chi connectivity index (χ3n) is 4.50. The Kier molecular flexibility index (Phi) is 6.51. The van der Waals surface area contributed by atoms with Crippen molar-refractivity contribution >= 4 is 24.9 Å². The van der Waals surface area contributed by atoms with E-state index in [0.717, 1.165) is 6.42 Å². The van der Waals surface area contributed by atoms with Crippen molar-refractivity contribution in [2.75, 3.05) is 26.1 Å². The quantitative estimate of drug-likeness (QED) is 0.462. The van der Waals surface area contributed by atoms with Crippen LogP contribution in [0.2, 0.25) is 0 Å². The summed E-state index contributed by atoms with van der Waals surface area (Å²) in [5.41, 5.74) is 6.74. The van der Waals surface area contributed by atoms with E-state index < -0.39 is 7.82 Å². The predicted molar refractivity (Wildman–Crippen MR) is 101 cm³/mol. The van der Waals surface area contributed by atoms with Gasteiger partial charge < -0.3 is 20.1 Å². The van der Waals surface area contributed by atoms with E-state index in [4.69, 9.17) is 24.3 Å². The van der Waals surface area contributed by atoms with Crippen LogP contribution in [0.3, 0.4) is 0 Å². The molecule has 0 aliphatic carbocycles. The second-order valence-electron chi connectivity index (χ2n) is 6.73. The first-order valence-corrected chi connectivity index (χ1v) is 10.7. The third-order valence-corrected chi connectivity index (χ3v) is 5.49. The van der Waals surface area contributed by atoms with Gasteiger partial charge in [-0.05, 0) is 12.8 Å². The van der Waals surface area contributed by atoms with Gasteiger partial charge in [0.2, 0.25) is 11.8 Å². The van der Waals surface area contributed by atoms with Crippen LogP contribution >= 0.6 is 7.82 Å². The molecule has 1 aliphatic rings. The molecule has 0 aromatic carbocycles. The molecule has 4 atom stereocenters. The second-order valence-corrected chi connectivity index (χ2v) is 8.18. The molecule has 1 saturated heterocycles. The van der Waals surface area contributed by atoms with Gasteiger partial charge >= 0.3 is 7.82 Å². The van der Waals surface area contributed by atoms with Crippen molar-refractivity contribution in [3.63, 3.8) is 0 Å². The molecule has 28 heavy (non-hydrogen) atoms. The monoisotopic (exact) mass is 415 g/mol. The molecule has 0 bridgehead atoms. The Bertz CT molecular complexity index is 861. The summed E-state index contributed by atoms with van der Waals surface area (Å²) >= 11 is 0. The molecule has 11 nitrogen and oxygen atoms in total. The highest BCUT2D eigenvalue weighted by Gasteiger charge is 2.36. The number of nitrogens with zero attached hydrogens (tertiary/aromatic N) is 4. The first-order valence-electron chi connectivity index (χ1n) is 9.16. The number of phosphoric acid groups is 1. The molecule has 2 aromatic rings. The number of hydrogen-bond acceptors (Lipinski definition) is 9. The summed E-state index contributed by atoms with van der Waals surface area (Å²) in [6, 6.07) is 0. The van der Waals surface area contributed by atoms with Gasteiger partial charge in [-0.3, -0.25) is 13.6 Å². The molecule has 3 heterocycles. The van der Waals surface area contributed by atoms with E-state index in [0.29, 0.717) is 24.0 Å². The standard InChI is InChI=1S/C16H26N5O6P/c1-4-5-6-25-28(22,23)26-8-11-7-10(2)15(27-11)21-9-18-12-13(21)19-16(17)20-14(12)24-3/h9-11,15H,4-8H2,1-3H3,(H,22,23)(H2,17,19,20). The van der Waals surface area contributed by atoms with Gasteiger partial charge in [-0.15, -0.1) is 0 Å². The number of fused-ring (bicyclic) bond motifs is 1. The molecule has 0 radical (unpaired) electrons. The summed E-state index contributed by atoms with van der Waals surface area (Å²) in [6.45, 7) is 4.11. The van der Waals surface area contributed by atoms with Crippen molar-refractivity contribution in [2.45, 2.75) is 45.4 Å². The topological polar surface area (TPSA) is 144 Å². The van der Waals surface area contributed by atoms with Gasteiger partial charge in [0.1, 0.15) is 6.23 Å². The molecule has 0 amide bonds. The maximum atomic E-state index is 11.9. The summed E-state index contributed by atoms with van der Waals surface area (Å²) in [6.07, 6.45) is 3.04. The molecule has 4 unspecified atom stereocenters. The summed E-state index contributed by atoms with van der Waals surface area (Å²) in [5.74, 6) is 0.451. The lowest BCUT2D eigenvalue weighted by Gasteiger charge is -2.18. The van der Waals surface area contributed by atoms with Crippen LogP contribution in [0.1, 0.15) is 39.3 Å². The van der Waals surface area contributed by atoms with Crippen LogP contribution in [0.5, 0.6) is 5.88 Å². The van der Waals surface area contributed by atoms with E-state index >= 15 is 0 Å². The number of unbranched alkanes of at least 4 members (excludes halogenated alkanes) is 1. The van der Waals surface area contributed by atoms with Crippen LogP contribution in [-0.2, 0) is 18.3 Å². The molecule has 3 N–H and O–H groups in total. The largest absolute Gasteiger partial charge is 0.479 e. The summed E-state index contributed by atoms with van der Waals surface area (Å²) in [7, 11) is -2.60. The van der Waals surface area contributed by atoms with Gasteiger partial charge in [-0.1, -0.05) is 20.3 Å². The van der Waals surface area contributed by atoms with E-state index in [1.54, 1.807) is 10.9 Å². The maximum Gasteiger partial charge on any atom is 0.472 e. The molecular formula is C16H26N5O6P. The van der Waals surface area contributed by atoms with Crippen LogP contribution in [-0.4, -0.2) is 50.8 Å². The number of rotatable bonds is 9. The normalized spacial score (nSPS) is 24.5. The molecule has 0 spiro atoms. The molecule has 2 aromatic heterocycles. The van der Waals surface area contributed by atoms with Gasteiger partial charge in [-0.25, -0.2) is 9.55 Å². The van der Waals surface area contributed by atoms with Crippen molar-refractivity contribution in [3.05, 3.63) is 6.33 Å². The number of methoxy groups -OCH3 is 1. The lowest BCUT2D eigenvalue weighted by atomic mass is 10.1. The first-order chi connectivity index (χ1) is 13.3. The average Bonchev–Trinajstić information content (AvgIpc) is 3.22. The first kappa shape index (κ1) is 20.9. The van der Waals surface area contributed by atoms with E-state index in [2.05, 4.69) is 15.0 Å². The zero-order valence-corrected chi connectivity index (χ0v) is 17.0. The van der Waals surface area contributed by atoms with Crippen molar-refractivity contribution in [2.24, 2.45) is 5.92 Å². The van der Waals surface area contributed by atoms with Crippen LogP contribution in [0.25, 0.3) is 11.2 Å². The van der Waals surface area contributed by atoms with Crippen molar-refractivity contribution in [1.29, 1.82) is 0 Å². The van der Waals surface area contributed by atoms with Gasteiger partial charge in [0.25, 0.3) is 0 Å². The fraction of sp³-hybridized carbons (Fsp3) is 0.688. The molecular weight excluding hydrogens is 389 g/mol. The molecule has 3 rings (SSSR count). The van der Waals surface area contributed by atoms with E-state index in [9.17, 15) is 9.46 Å². The molecule has 1 aliphatic heterocycles. The smallest absolute Gasteiger partial charge is 0.472 e. The number of imidazole rings is 1. The second kappa shape index (κ2) is 8.71. The maximum absolute atomic E-state index is 11.9. The lowest BCUT2D eigenvalue weighted by Crippen LogP contribution is -2.17. The predicted octanol–water partition coefficient (Wildman–Crippen LogP) is 2.27. The summed E-state index contributed by atoms with van der Waals surface area (Å²) in [5, 5.41) is 0. The van der Waals surface area contributed by atoms with Crippen molar-refractivity contribution in [3.8, 4) is 5.88 Å². The highest BCUT2D eigenvalue weighted by molar-refractivity contribution is 7.47. The van der Waals surface area contributed by atoms with Crippen LogP contribution in [0.15, 0.2) is 6.33 Å². The minimum atomic E-state index is -4.08. The third kappa shape index (κ3) is 4.61. The fourth-order valence-corrected chi connectivity index (χ4v) is 3.93. The average molecular weight is 415 g/mol. The number of phosphoric ester groups is 1. The van der Waals surface area contributed by atoms with Gasteiger partial charge in [0.15, 0.2) is 11.2 Å². The van der Waals surface area contributed by atoms with E-state index in [1.165, 1.54) is 7.11 Å². The minimum absolute atomic E-state index is 0.0478. The van der Waals surface area contributed by atoms with Gasteiger partial charge in [0, 0.05) is 5.92 Å². The molecule has 0 saturated carbocycles. The van der Waals surface area contributed by atoms with Crippen LogP contribution < -0.4 is 10.5 Å². The molecule has 156 valence electrons. The molecule has 1 fully saturated rings. The Hall–Kier alpha value is -1.78. The van der Waals surface area contributed by atoms with Gasteiger partial charge in [-0.2, -0.15) is 9.97 Å². The van der Waals surface area contributed by atoms with E-state index in [-0.39, 0.29) is 43.3 Å². The Morgan fingerprint density at radius 3 is 2.93 bits per heavy atom. The van der Waals surface area contributed by atoms with Gasteiger partial charge in [0.05, 0.1) is 32.8 Å². The Labute approximate surface area is 162 Å². The highest BCUT2D eigenvalue weighted by Crippen LogP contribution is 2.45. The zero-order valence-electron chi connectivity index (χ0n) is 16.1. The number of nitrogens with two attached hydrogens (primary N) is 1. The highest BCUT2D eigenvalue weighted by atomic mass is 31.2. The lowest BCUT2D eigenvalue weighted by molar-refractivity contribution is -0.0305. The van der Waals surface area contributed by atoms with Crippen LogP contribution in [0, 0.1) is 5.92 Å². The number of nitrogen functional groups attached to an aromatic ring is 1. The number of aromatic nitrogens is 4. The number of ether oxygens (including phenoxy) is 2. The fourth-order valence-electron chi connectivity index (χ4n) is 3.14. The Morgan fingerprint density at radius 2 is 2.21 bits per heavy atom. The van der Waals surface area contributed by atoms with Crippen LogP contribution in [0.4, 0.5) is 5.95 Å². The Balaban J connectivity index is 1.68. The molecule has 12 heteroatoms. The SMILES string of the molecule is CCCCOP(=O)(O)OCC1CC(C)C(n2cnc3c(OC)nc(N)nc32)O1. The van der Waals surface area contributed by atoms with Crippen molar-refractivity contribution < 1.29 is 28.0 Å². The summed E-state index contributed by atoms with van der Waals surface area (Å²) < 4.78 is 34.9. The Morgan fingerprint density at radius 1 is 1.43 bits per heavy atom. The zero-order chi connectivity index (χ0) is 20.3. The number of hydrogen-bond donors (Lipinski definition) is 2.